The van der Waals surface area contributed by atoms with Crippen LogP contribution in [0.3, 0.4) is 0 Å². The van der Waals surface area contributed by atoms with E-state index in [1.165, 1.54) is 27.9 Å². The maximum Gasteiger partial charge on any atom is 0.416 e. The van der Waals surface area contributed by atoms with Gasteiger partial charge in [-0.25, -0.2) is 9.37 Å². The Morgan fingerprint density at radius 1 is 1.16 bits per heavy atom. The quantitative estimate of drug-likeness (QED) is 0.351. The molecular weight excluding hydrogens is 506 g/mol. The third kappa shape index (κ3) is 3.61. The lowest BCUT2D eigenvalue weighted by Crippen LogP contribution is -2.37. The summed E-state index contributed by atoms with van der Waals surface area (Å²) in [5, 5.41) is 9.51. The second-order valence-electron chi connectivity index (χ2n) is 8.98. The minimum atomic E-state index is -4.56. The van der Waals surface area contributed by atoms with E-state index in [4.69, 9.17) is 10.5 Å². The highest BCUT2D eigenvalue weighted by molar-refractivity contribution is 6.13. The molecule has 13 heteroatoms. The second kappa shape index (κ2) is 8.16. The topological polar surface area (TPSA) is 104 Å². The van der Waals surface area contributed by atoms with E-state index in [0.29, 0.717) is 21.9 Å². The van der Waals surface area contributed by atoms with Gasteiger partial charge in [0, 0.05) is 43.4 Å². The number of amides is 1. The van der Waals surface area contributed by atoms with Crippen LogP contribution in [0.2, 0.25) is 0 Å². The summed E-state index contributed by atoms with van der Waals surface area (Å²) in [6.07, 6.45) is -1.43. The number of alkyl halides is 3. The van der Waals surface area contributed by atoms with E-state index in [9.17, 15) is 18.0 Å². The van der Waals surface area contributed by atoms with Crippen molar-refractivity contribution in [2.75, 3.05) is 17.2 Å². The van der Waals surface area contributed by atoms with Gasteiger partial charge in [-0.1, -0.05) is 6.07 Å². The fourth-order valence-electron chi connectivity index (χ4n) is 4.79. The Morgan fingerprint density at radius 3 is 2.66 bits per heavy atom. The van der Waals surface area contributed by atoms with Crippen molar-refractivity contribution in [2.24, 2.45) is 14.1 Å². The van der Waals surface area contributed by atoms with Gasteiger partial charge in [-0.2, -0.15) is 23.4 Å². The van der Waals surface area contributed by atoms with E-state index in [0.717, 1.165) is 18.2 Å². The maximum absolute atomic E-state index is 15.4. The molecule has 3 aromatic heterocycles. The molecule has 1 aliphatic heterocycles. The number of aryl methyl sites for hydroxylation is 2. The molecule has 4 heterocycles. The standard InChI is InChI=1S/C25H19F4N7O2/c1-34-6-5-21(33-34)36(19-11-38-20-7-12(25(27,28)29)3-4-13(19)20)24(37)14-8-15-18(9-17(14)26)32-23(30)16-10-31-35(2)22(15)16/h3-10,19H,11H2,1-2H3,(H2,30,32). The number of benzene rings is 2. The Hall–Kier alpha value is -4.68. The van der Waals surface area contributed by atoms with E-state index in [1.807, 2.05) is 0 Å². The van der Waals surface area contributed by atoms with Gasteiger partial charge in [-0.15, -0.1) is 0 Å². The number of pyridine rings is 1. The van der Waals surface area contributed by atoms with Crippen molar-refractivity contribution in [3.63, 3.8) is 0 Å². The van der Waals surface area contributed by atoms with Crippen LogP contribution in [0.1, 0.15) is 27.5 Å². The van der Waals surface area contributed by atoms with Crippen LogP contribution in [-0.4, -0.2) is 37.1 Å². The highest BCUT2D eigenvalue weighted by atomic mass is 19.4. The van der Waals surface area contributed by atoms with Crippen LogP contribution in [0.25, 0.3) is 21.8 Å². The molecule has 9 nitrogen and oxygen atoms in total. The zero-order valence-electron chi connectivity index (χ0n) is 20.0. The van der Waals surface area contributed by atoms with Gasteiger partial charge >= 0.3 is 6.18 Å². The lowest BCUT2D eigenvalue weighted by atomic mass is 10.0. The van der Waals surface area contributed by atoms with Crippen molar-refractivity contribution < 1.29 is 27.1 Å². The van der Waals surface area contributed by atoms with Gasteiger partial charge in [0.2, 0.25) is 0 Å². The normalized spacial score (nSPS) is 15.2. The summed E-state index contributed by atoms with van der Waals surface area (Å²) >= 11 is 0. The Morgan fingerprint density at radius 2 is 1.95 bits per heavy atom. The molecule has 1 unspecified atom stereocenters. The SMILES string of the molecule is Cn1ccc(N(C(=O)c2cc3c(cc2F)nc(N)c2cnn(C)c23)C2COc3cc(C(F)(F)F)ccc32)n1. The molecule has 2 aromatic carbocycles. The van der Waals surface area contributed by atoms with Crippen molar-refractivity contribution >= 4 is 39.3 Å². The minimum Gasteiger partial charge on any atom is -0.491 e. The van der Waals surface area contributed by atoms with Crippen LogP contribution >= 0.6 is 0 Å². The Labute approximate surface area is 212 Å². The number of fused-ring (bicyclic) bond motifs is 4. The van der Waals surface area contributed by atoms with E-state index in [-0.39, 0.29) is 35.1 Å². The fraction of sp³-hybridized carbons (Fsp3) is 0.200. The molecule has 0 bridgehead atoms. The van der Waals surface area contributed by atoms with Gasteiger partial charge in [0.1, 0.15) is 30.0 Å². The summed E-state index contributed by atoms with van der Waals surface area (Å²) in [6, 6.07) is 6.28. The summed E-state index contributed by atoms with van der Waals surface area (Å²) < 4.78 is 63.8. The number of nitrogen functional groups attached to an aromatic ring is 1. The number of halogens is 4. The lowest BCUT2D eigenvalue weighted by molar-refractivity contribution is -0.137. The molecule has 0 spiro atoms. The fourth-order valence-corrected chi connectivity index (χ4v) is 4.79. The third-order valence-electron chi connectivity index (χ3n) is 6.60. The smallest absolute Gasteiger partial charge is 0.416 e. The van der Waals surface area contributed by atoms with Gasteiger partial charge in [0.15, 0.2) is 5.82 Å². The van der Waals surface area contributed by atoms with Crippen molar-refractivity contribution in [3.8, 4) is 5.75 Å². The first-order chi connectivity index (χ1) is 18.0. The molecule has 0 fully saturated rings. The molecule has 1 aliphatic rings. The molecule has 0 saturated heterocycles. The van der Waals surface area contributed by atoms with Crippen molar-refractivity contribution in [3.05, 3.63) is 71.3 Å². The number of carbonyl (C=O) groups excluding carboxylic acids is 1. The number of rotatable bonds is 3. The number of anilines is 2. The zero-order chi connectivity index (χ0) is 26.9. The van der Waals surface area contributed by atoms with Crippen molar-refractivity contribution in [1.82, 2.24) is 24.5 Å². The molecule has 1 atom stereocenters. The molecule has 0 aliphatic carbocycles. The van der Waals surface area contributed by atoms with E-state index in [2.05, 4.69) is 15.2 Å². The van der Waals surface area contributed by atoms with Crippen molar-refractivity contribution in [2.45, 2.75) is 12.2 Å². The van der Waals surface area contributed by atoms with Gasteiger partial charge < -0.3 is 10.5 Å². The first-order valence-electron chi connectivity index (χ1n) is 11.4. The van der Waals surface area contributed by atoms with Crippen molar-refractivity contribution in [1.29, 1.82) is 0 Å². The minimum absolute atomic E-state index is 0.00573. The molecule has 5 aromatic rings. The number of nitrogens with two attached hydrogens (primary N) is 1. The van der Waals surface area contributed by atoms with Crippen LogP contribution in [0.5, 0.6) is 5.75 Å². The first-order valence-corrected chi connectivity index (χ1v) is 11.4. The summed E-state index contributed by atoms with van der Waals surface area (Å²) in [4.78, 5) is 19.5. The number of aromatic nitrogens is 5. The molecule has 6 rings (SSSR count). The van der Waals surface area contributed by atoms with Gasteiger partial charge in [0.25, 0.3) is 5.91 Å². The van der Waals surface area contributed by atoms with Crippen LogP contribution < -0.4 is 15.4 Å². The molecule has 2 N–H and O–H groups in total. The zero-order valence-corrected chi connectivity index (χ0v) is 20.0. The van der Waals surface area contributed by atoms with E-state index in [1.54, 1.807) is 31.0 Å². The molecule has 0 radical (unpaired) electrons. The largest absolute Gasteiger partial charge is 0.491 e. The second-order valence-corrected chi connectivity index (χ2v) is 8.98. The molecule has 0 saturated carbocycles. The Balaban J connectivity index is 1.50. The number of carbonyl (C=O) groups is 1. The lowest BCUT2D eigenvalue weighted by Gasteiger charge is -2.26. The summed E-state index contributed by atoms with van der Waals surface area (Å²) in [7, 11) is 3.33. The van der Waals surface area contributed by atoms with Gasteiger partial charge in [0.05, 0.1) is 33.7 Å². The highest BCUT2D eigenvalue weighted by Gasteiger charge is 2.39. The van der Waals surface area contributed by atoms with E-state index >= 15 is 4.39 Å². The number of nitrogens with zero attached hydrogens (tertiary/aromatic N) is 6. The first kappa shape index (κ1) is 23.7. The number of hydrogen-bond acceptors (Lipinski definition) is 6. The predicted octanol–water partition coefficient (Wildman–Crippen LogP) is 4.38. The molecule has 38 heavy (non-hydrogen) atoms. The van der Waals surface area contributed by atoms with Gasteiger partial charge in [-0.05, 0) is 18.2 Å². The van der Waals surface area contributed by atoms with E-state index < -0.39 is 29.5 Å². The predicted molar refractivity (Wildman–Crippen MR) is 130 cm³/mol. The maximum atomic E-state index is 15.4. The average molecular weight is 525 g/mol. The molecule has 1 amide bonds. The van der Waals surface area contributed by atoms with Crippen LogP contribution in [0.15, 0.2) is 48.8 Å². The number of ether oxygens (including phenoxy) is 1. The summed E-state index contributed by atoms with van der Waals surface area (Å²) in [5.41, 5.74) is 6.02. The number of hydrogen-bond donors (Lipinski definition) is 1. The highest BCUT2D eigenvalue weighted by Crippen LogP contribution is 2.42. The Bertz CT molecular complexity index is 1760. The Kier molecular flexibility index (Phi) is 5.09. The summed E-state index contributed by atoms with van der Waals surface area (Å²) in [5.74, 6) is -1.25. The van der Waals surface area contributed by atoms with Gasteiger partial charge in [-0.3, -0.25) is 19.1 Å². The third-order valence-corrected chi connectivity index (χ3v) is 6.60. The molecular formula is C25H19F4N7O2. The van der Waals surface area contributed by atoms with Crippen LogP contribution in [0.4, 0.5) is 29.2 Å². The average Bonchev–Trinajstić information content (AvgIpc) is 3.58. The van der Waals surface area contributed by atoms with Crippen LogP contribution in [0, 0.1) is 5.82 Å². The van der Waals surface area contributed by atoms with Crippen LogP contribution in [-0.2, 0) is 20.3 Å². The molecule has 194 valence electrons. The summed E-state index contributed by atoms with van der Waals surface area (Å²) in [6.45, 7) is -0.141. The monoisotopic (exact) mass is 525 g/mol.